The normalized spacial score (nSPS) is 22.5. The van der Waals surface area contributed by atoms with E-state index in [0.29, 0.717) is 5.56 Å². The third kappa shape index (κ3) is 3.11. The van der Waals surface area contributed by atoms with Crippen molar-refractivity contribution in [3.63, 3.8) is 0 Å². The van der Waals surface area contributed by atoms with Gasteiger partial charge in [0, 0.05) is 12.6 Å². The summed E-state index contributed by atoms with van der Waals surface area (Å²) in [5.74, 6) is 0. The van der Waals surface area contributed by atoms with E-state index >= 15 is 0 Å². The van der Waals surface area contributed by atoms with Crippen molar-refractivity contribution in [2.45, 2.75) is 37.8 Å². The number of aliphatic hydroxyl groups is 1. The molecule has 2 unspecified atom stereocenters. The van der Waals surface area contributed by atoms with E-state index in [1.807, 2.05) is 19.2 Å². The Morgan fingerprint density at radius 3 is 2.73 bits per heavy atom. The second-order valence-corrected chi connectivity index (χ2v) is 6.51. The van der Waals surface area contributed by atoms with Gasteiger partial charge in [-0.1, -0.05) is 36.3 Å². The molecule has 0 aliphatic heterocycles. The second-order valence-electron chi connectivity index (χ2n) is 5.55. The maximum Gasteiger partial charge on any atom is 0.203 e. The van der Waals surface area contributed by atoms with Gasteiger partial charge in [0.25, 0.3) is 0 Å². The van der Waals surface area contributed by atoms with Gasteiger partial charge in [0.05, 0.1) is 23.8 Å². The molecule has 2 atom stereocenters. The lowest BCUT2D eigenvalue weighted by atomic mass is 9.93. The fourth-order valence-corrected chi connectivity index (χ4v) is 3.60. The van der Waals surface area contributed by atoms with Gasteiger partial charge >= 0.3 is 0 Å². The number of aryl methyl sites for hydroxylation is 1. The minimum Gasteiger partial charge on any atom is -0.391 e. The van der Waals surface area contributed by atoms with E-state index in [0.717, 1.165) is 41.1 Å². The molecule has 114 valence electrons. The van der Waals surface area contributed by atoms with Crippen LogP contribution in [0.25, 0.3) is 10.6 Å². The molecule has 2 aromatic rings. The Hall–Kier alpha value is -1.97. The van der Waals surface area contributed by atoms with Crippen LogP contribution in [0, 0.1) is 11.3 Å². The largest absolute Gasteiger partial charge is 0.391 e. The monoisotopic (exact) mass is 314 g/mol. The van der Waals surface area contributed by atoms with Gasteiger partial charge < -0.3 is 5.11 Å². The number of rotatable bonds is 2. The Morgan fingerprint density at radius 1 is 1.32 bits per heavy atom. The molecule has 0 saturated heterocycles. The lowest BCUT2D eigenvalue weighted by molar-refractivity contribution is 0.107. The van der Waals surface area contributed by atoms with Crippen molar-refractivity contribution in [1.29, 1.82) is 5.26 Å². The molecule has 6 heteroatoms. The maximum atomic E-state index is 10.1. The van der Waals surface area contributed by atoms with Gasteiger partial charge in [-0.2, -0.15) is 10.4 Å². The zero-order valence-electron chi connectivity index (χ0n) is 12.4. The SMILES string of the molecule is Cn1nc(-c2ccc(C#N)cc2)s/c1=N/C1CCCCC1O. The molecule has 1 heterocycles. The van der Waals surface area contributed by atoms with Crippen molar-refractivity contribution in [3.05, 3.63) is 34.6 Å². The highest BCUT2D eigenvalue weighted by atomic mass is 32.1. The molecule has 0 radical (unpaired) electrons. The van der Waals surface area contributed by atoms with Gasteiger partial charge in [-0.15, -0.1) is 0 Å². The first-order valence-corrected chi connectivity index (χ1v) is 8.25. The lowest BCUT2D eigenvalue weighted by Crippen LogP contribution is -2.30. The third-order valence-corrected chi connectivity index (χ3v) is 5.00. The molecule has 0 bridgehead atoms. The molecule has 1 aromatic heterocycles. The van der Waals surface area contributed by atoms with Crippen molar-refractivity contribution in [2.75, 3.05) is 0 Å². The van der Waals surface area contributed by atoms with Gasteiger partial charge in [-0.25, -0.2) is 4.68 Å². The Bertz CT molecular complexity index is 754. The van der Waals surface area contributed by atoms with Crippen LogP contribution in [0.3, 0.4) is 0 Å². The van der Waals surface area contributed by atoms with E-state index < -0.39 is 0 Å². The summed E-state index contributed by atoms with van der Waals surface area (Å²) in [5.41, 5.74) is 1.62. The predicted molar refractivity (Wildman–Crippen MR) is 85.1 cm³/mol. The zero-order valence-corrected chi connectivity index (χ0v) is 13.3. The molecule has 1 fully saturated rings. The number of benzene rings is 1. The maximum absolute atomic E-state index is 10.1. The average molecular weight is 314 g/mol. The first kappa shape index (κ1) is 14.9. The van der Waals surface area contributed by atoms with Gasteiger partial charge in [0.2, 0.25) is 4.80 Å². The van der Waals surface area contributed by atoms with E-state index in [9.17, 15) is 5.11 Å². The lowest BCUT2D eigenvalue weighted by Gasteiger charge is -2.23. The highest BCUT2D eigenvalue weighted by molar-refractivity contribution is 7.12. The molecular formula is C16H18N4OS. The standard InChI is InChI=1S/C16H18N4OS/c1-20-16(18-13-4-2-3-5-14(13)21)22-15(19-20)12-8-6-11(10-17)7-9-12/h6-9,13-14,21H,2-5H2,1H3/b18-16+. The minimum atomic E-state index is -0.339. The Balaban J connectivity index is 1.91. The number of hydrogen-bond donors (Lipinski definition) is 1. The van der Waals surface area contributed by atoms with Gasteiger partial charge in [-0.05, 0) is 25.0 Å². The molecule has 1 aliphatic carbocycles. The number of nitrogens with zero attached hydrogens (tertiary/aromatic N) is 4. The molecule has 1 aliphatic rings. The van der Waals surface area contributed by atoms with Crippen LogP contribution in [-0.2, 0) is 7.05 Å². The van der Waals surface area contributed by atoms with Gasteiger partial charge in [-0.3, -0.25) is 4.99 Å². The number of aliphatic hydroxyl groups excluding tert-OH is 1. The van der Waals surface area contributed by atoms with Crippen LogP contribution in [0.15, 0.2) is 29.3 Å². The van der Waals surface area contributed by atoms with Crippen LogP contribution in [0.5, 0.6) is 0 Å². The molecule has 22 heavy (non-hydrogen) atoms. The fourth-order valence-electron chi connectivity index (χ4n) is 2.65. The minimum absolute atomic E-state index is 0.0192. The molecular weight excluding hydrogens is 296 g/mol. The average Bonchev–Trinajstić information content (AvgIpc) is 2.91. The highest BCUT2D eigenvalue weighted by Crippen LogP contribution is 2.22. The summed E-state index contributed by atoms with van der Waals surface area (Å²) in [6, 6.07) is 9.47. The van der Waals surface area contributed by atoms with Crippen LogP contribution >= 0.6 is 11.3 Å². The van der Waals surface area contributed by atoms with E-state index in [1.165, 1.54) is 11.3 Å². The van der Waals surface area contributed by atoms with E-state index in [4.69, 9.17) is 10.3 Å². The summed E-state index contributed by atoms with van der Waals surface area (Å²) >= 11 is 1.51. The molecule has 0 amide bonds. The molecule has 1 aromatic carbocycles. The first-order chi connectivity index (χ1) is 10.7. The van der Waals surface area contributed by atoms with Gasteiger partial charge in [0.15, 0.2) is 0 Å². The van der Waals surface area contributed by atoms with E-state index in [-0.39, 0.29) is 12.1 Å². The number of aromatic nitrogens is 2. The Morgan fingerprint density at radius 2 is 2.05 bits per heavy atom. The predicted octanol–water partition coefficient (Wildman–Crippen LogP) is 2.22. The summed E-state index contributed by atoms with van der Waals surface area (Å²) in [6.07, 6.45) is 3.63. The molecule has 1 saturated carbocycles. The van der Waals surface area contributed by atoms with Crippen molar-refractivity contribution < 1.29 is 5.11 Å². The summed E-state index contributed by atoms with van der Waals surface area (Å²) in [5, 5.41) is 24.3. The van der Waals surface area contributed by atoms with Crippen LogP contribution in [0.2, 0.25) is 0 Å². The number of nitriles is 1. The highest BCUT2D eigenvalue weighted by Gasteiger charge is 2.22. The zero-order chi connectivity index (χ0) is 15.5. The number of hydrogen-bond acceptors (Lipinski definition) is 5. The Labute approximate surface area is 133 Å². The smallest absolute Gasteiger partial charge is 0.203 e. The van der Waals surface area contributed by atoms with Crippen LogP contribution in [0.4, 0.5) is 0 Å². The third-order valence-electron chi connectivity index (χ3n) is 3.94. The van der Waals surface area contributed by atoms with Crippen molar-refractivity contribution in [2.24, 2.45) is 12.0 Å². The van der Waals surface area contributed by atoms with Crippen molar-refractivity contribution in [3.8, 4) is 16.6 Å². The van der Waals surface area contributed by atoms with Gasteiger partial charge in [0.1, 0.15) is 5.01 Å². The topological polar surface area (TPSA) is 74.2 Å². The van der Waals surface area contributed by atoms with Crippen molar-refractivity contribution in [1.82, 2.24) is 9.78 Å². The molecule has 5 nitrogen and oxygen atoms in total. The van der Waals surface area contributed by atoms with Crippen LogP contribution < -0.4 is 4.80 Å². The quantitative estimate of drug-likeness (QED) is 0.923. The summed E-state index contributed by atoms with van der Waals surface area (Å²) in [6.45, 7) is 0. The summed E-state index contributed by atoms with van der Waals surface area (Å²) < 4.78 is 1.76. The molecule has 1 N–H and O–H groups in total. The molecule has 3 rings (SSSR count). The van der Waals surface area contributed by atoms with Crippen LogP contribution in [0.1, 0.15) is 31.2 Å². The molecule has 0 spiro atoms. The van der Waals surface area contributed by atoms with Crippen LogP contribution in [-0.4, -0.2) is 27.0 Å². The van der Waals surface area contributed by atoms with E-state index in [1.54, 1.807) is 16.8 Å². The fraction of sp³-hybridized carbons (Fsp3) is 0.438. The van der Waals surface area contributed by atoms with Crippen molar-refractivity contribution >= 4 is 11.3 Å². The summed E-state index contributed by atoms with van der Waals surface area (Å²) in [7, 11) is 1.87. The second kappa shape index (κ2) is 6.42. The summed E-state index contributed by atoms with van der Waals surface area (Å²) in [4.78, 5) is 5.52. The van der Waals surface area contributed by atoms with E-state index in [2.05, 4.69) is 11.2 Å². The Kier molecular flexibility index (Phi) is 4.36. The first-order valence-electron chi connectivity index (χ1n) is 7.44.